The number of allylic oxidation sites excluding steroid dienone is 1. The molecular weight excluding hydrogens is 356 g/mol. The zero-order valence-corrected chi connectivity index (χ0v) is 19.5. The molecule has 4 aliphatic rings. The predicted molar refractivity (Wildman–Crippen MR) is 120 cm³/mol. The van der Waals surface area contributed by atoms with Crippen LogP contribution in [-0.4, -0.2) is 22.9 Å². The van der Waals surface area contributed by atoms with E-state index in [1.54, 1.807) is 5.57 Å². The molecule has 0 aromatic rings. The Balaban J connectivity index is 1.46. The minimum absolute atomic E-state index is 0.0926. The maximum Gasteiger partial charge on any atom is 0.0577 e. The molecule has 4 aliphatic carbocycles. The molecule has 1 unspecified atom stereocenters. The van der Waals surface area contributed by atoms with Gasteiger partial charge in [0.25, 0.3) is 0 Å². The van der Waals surface area contributed by atoms with Crippen molar-refractivity contribution in [1.29, 1.82) is 0 Å². The second-order valence-electron chi connectivity index (χ2n) is 12.1. The highest BCUT2D eigenvalue weighted by atomic mass is 16.3. The largest absolute Gasteiger partial charge is 0.396 e. The molecule has 0 aromatic heterocycles. The SMILES string of the molecule is C[C@@H](CO)CCC[C@@H](C)C1CC[C@H]2[C@@H]3CC=C4C[C@@H](O)CC[C@]4(C)[C@H]3CC[C@]12C. The number of hydrogen-bond donors (Lipinski definition) is 2. The summed E-state index contributed by atoms with van der Waals surface area (Å²) >= 11 is 0. The molecule has 3 saturated carbocycles. The van der Waals surface area contributed by atoms with Crippen molar-refractivity contribution in [3.05, 3.63) is 11.6 Å². The second kappa shape index (κ2) is 8.30. The molecule has 0 amide bonds. The van der Waals surface area contributed by atoms with E-state index in [2.05, 4.69) is 33.8 Å². The first kappa shape index (κ1) is 21.9. The summed E-state index contributed by atoms with van der Waals surface area (Å²) in [6, 6.07) is 0. The molecule has 3 fully saturated rings. The van der Waals surface area contributed by atoms with Crippen molar-refractivity contribution in [2.75, 3.05) is 6.61 Å². The summed E-state index contributed by atoms with van der Waals surface area (Å²) in [6.07, 6.45) is 16.4. The van der Waals surface area contributed by atoms with E-state index in [1.165, 1.54) is 57.8 Å². The number of aliphatic hydroxyl groups excluding tert-OH is 2. The lowest BCUT2D eigenvalue weighted by Gasteiger charge is -2.58. The summed E-state index contributed by atoms with van der Waals surface area (Å²) in [6.45, 7) is 10.2. The lowest BCUT2D eigenvalue weighted by molar-refractivity contribution is -0.0573. The first-order valence-corrected chi connectivity index (χ1v) is 12.8. The first-order chi connectivity index (χ1) is 13.8. The molecule has 0 heterocycles. The van der Waals surface area contributed by atoms with Crippen LogP contribution in [0.3, 0.4) is 0 Å². The Morgan fingerprint density at radius 3 is 2.59 bits per heavy atom. The molecule has 4 rings (SSSR count). The van der Waals surface area contributed by atoms with Crippen LogP contribution >= 0.6 is 0 Å². The van der Waals surface area contributed by atoms with Crippen LogP contribution in [-0.2, 0) is 0 Å². The lowest BCUT2D eigenvalue weighted by Crippen LogP contribution is -2.50. The van der Waals surface area contributed by atoms with Crippen molar-refractivity contribution in [2.45, 2.75) is 104 Å². The van der Waals surface area contributed by atoms with Crippen LogP contribution in [0.4, 0.5) is 0 Å². The molecule has 0 spiro atoms. The Morgan fingerprint density at radius 2 is 1.83 bits per heavy atom. The fourth-order valence-corrected chi connectivity index (χ4v) is 8.70. The van der Waals surface area contributed by atoms with Crippen LogP contribution in [0.2, 0.25) is 0 Å². The first-order valence-electron chi connectivity index (χ1n) is 12.8. The Hall–Kier alpha value is -0.340. The quantitative estimate of drug-likeness (QED) is 0.507. The average Bonchev–Trinajstić information content (AvgIpc) is 3.05. The summed E-state index contributed by atoms with van der Waals surface area (Å²) < 4.78 is 0. The maximum atomic E-state index is 10.2. The van der Waals surface area contributed by atoms with Crippen LogP contribution in [0, 0.1) is 46.3 Å². The van der Waals surface area contributed by atoms with E-state index in [0.717, 1.165) is 42.4 Å². The van der Waals surface area contributed by atoms with Crippen molar-refractivity contribution in [2.24, 2.45) is 46.3 Å². The van der Waals surface area contributed by atoms with E-state index >= 15 is 0 Å². The fourth-order valence-electron chi connectivity index (χ4n) is 8.70. The van der Waals surface area contributed by atoms with Gasteiger partial charge >= 0.3 is 0 Å². The number of fused-ring (bicyclic) bond motifs is 5. The Labute approximate surface area is 179 Å². The maximum absolute atomic E-state index is 10.2. The van der Waals surface area contributed by atoms with Crippen molar-refractivity contribution in [3.63, 3.8) is 0 Å². The second-order valence-corrected chi connectivity index (χ2v) is 12.1. The van der Waals surface area contributed by atoms with Crippen LogP contribution in [0.5, 0.6) is 0 Å². The summed E-state index contributed by atoms with van der Waals surface area (Å²) in [7, 11) is 0. The van der Waals surface area contributed by atoms with E-state index in [0.29, 0.717) is 23.4 Å². The van der Waals surface area contributed by atoms with Gasteiger partial charge in [-0.2, -0.15) is 0 Å². The van der Waals surface area contributed by atoms with Gasteiger partial charge in [0.2, 0.25) is 0 Å². The Bertz CT molecular complexity index is 612. The monoisotopic (exact) mass is 402 g/mol. The van der Waals surface area contributed by atoms with E-state index in [4.69, 9.17) is 0 Å². The molecule has 0 radical (unpaired) electrons. The summed E-state index contributed by atoms with van der Waals surface area (Å²) in [5.74, 6) is 4.82. The smallest absolute Gasteiger partial charge is 0.0577 e. The van der Waals surface area contributed by atoms with Gasteiger partial charge in [-0.15, -0.1) is 0 Å². The van der Waals surface area contributed by atoms with Gasteiger partial charge in [0.05, 0.1) is 6.10 Å². The topological polar surface area (TPSA) is 40.5 Å². The van der Waals surface area contributed by atoms with E-state index in [1.807, 2.05) is 0 Å². The van der Waals surface area contributed by atoms with E-state index in [-0.39, 0.29) is 6.10 Å². The summed E-state index contributed by atoms with van der Waals surface area (Å²) in [5.41, 5.74) is 2.51. The lowest BCUT2D eigenvalue weighted by atomic mass is 9.47. The molecule has 29 heavy (non-hydrogen) atoms. The number of aliphatic hydroxyl groups is 2. The van der Waals surface area contributed by atoms with Crippen molar-refractivity contribution >= 4 is 0 Å². The third kappa shape index (κ3) is 3.75. The highest BCUT2D eigenvalue weighted by molar-refractivity contribution is 5.25. The van der Waals surface area contributed by atoms with Gasteiger partial charge in [-0.1, -0.05) is 52.2 Å². The van der Waals surface area contributed by atoms with Gasteiger partial charge in [0.15, 0.2) is 0 Å². The van der Waals surface area contributed by atoms with E-state index in [9.17, 15) is 10.2 Å². The minimum Gasteiger partial charge on any atom is -0.396 e. The normalized spacial score (nSPS) is 46.3. The average molecular weight is 403 g/mol. The molecule has 0 saturated heterocycles. The van der Waals surface area contributed by atoms with Crippen molar-refractivity contribution in [3.8, 4) is 0 Å². The molecule has 9 atom stereocenters. The Kier molecular flexibility index (Phi) is 6.26. The molecule has 0 bridgehead atoms. The predicted octanol–water partition coefficient (Wildman–Crippen LogP) is 6.36. The van der Waals surface area contributed by atoms with Gasteiger partial charge in [-0.05, 0) is 104 Å². The summed E-state index contributed by atoms with van der Waals surface area (Å²) in [5, 5.41) is 19.5. The number of hydrogen-bond acceptors (Lipinski definition) is 2. The van der Waals surface area contributed by atoms with Gasteiger partial charge < -0.3 is 10.2 Å². The molecule has 166 valence electrons. The van der Waals surface area contributed by atoms with Gasteiger partial charge in [-0.25, -0.2) is 0 Å². The highest BCUT2D eigenvalue weighted by Crippen LogP contribution is 2.67. The Morgan fingerprint density at radius 1 is 1.03 bits per heavy atom. The molecule has 0 aliphatic heterocycles. The number of rotatable bonds is 6. The molecule has 2 N–H and O–H groups in total. The third-order valence-corrected chi connectivity index (χ3v) is 10.5. The zero-order chi connectivity index (χ0) is 20.8. The standard InChI is InChI=1S/C27H46O2/c1-18(17-28)6-5-7-19(2)23-10-11-24-22-9-8-20-16-21(29)12-14-26(20,3)25(22)13-15-27(23,24)4/h8,18-19,21-25,28-29H,5-7,9-17H2,1-4H3/t18-,19-,21+,22+,23?,24+,25+,26+,27-/m1/s1. The van der Waals surface area contributed by atoms with Crippen LogP contribution in [0.1, 0.15) is 98.3 Å². The van der Waals surface area contributed by atoms with Crippen LogP contribution in [0.15, 0.2) is 11.6 Å². The van der Waals surface area contributed by atoms with Gasteiger partial charge in [-0.3, -0.25) is 0 Å². The third-order valence-electron chi connectivity index (χ3n) is 10.5. The fraction of sp³-hybridized carbons (Fsp3) is 0.926. The molecule has 0 aromatic carbocycles. The van der Waals surface area contributed by atoms with Crippen molar-refractivity contribution in [1.82, 2.24) is 0 Å². The van der Waals surface area contributed by atoms with Crippen molar-refractivity contribution < 1.29 is 10.2 Å². The zero-order valence-electron chi connectivity index (χ0n) is 19.5. The van der Waals surface area contributed by atoms with E-state index < -0.39 is 0 Å². The molecule has 2 nitrogen and oxygen atoms in total. The van der Waals surface area contributed by atoms with Gasteiger partial charge in [0, 0.05) is 6.61 Å². The van der Waals surface area contributed by atoms with Gasteiger partial charge in [0.1, 0.15) is 0 Å². The molecular formula is C27H46O2. The van der Waals surface area contributed by atoms with Crippen LogP contribution in [0.25, 0.3) is 0 Å². The minimum atomic E-state index is -0.0926. The highest BCUT2D eigenvalue weighted by Gasteiger charge is 2.59. The summed E-state index contributed by atoms with van der Waals surface area (Å²) in [4.78, 5) is 0. The molecule has 2 heteroatoms. The van der Waals surface area contributed by atoms with Crippen LogP contribution < -0.4 is 0 Å².